The molecule has 1 unspecified atom stereocenters. The second-order valence-electron chi connectivity index (χ2n) is 3.18. The minimum Gasteiger partial charge on any atom is -0.0998 e. The largest absolute Gasteiger partial charge is 0.0998 e. The van der Waals surface area contributed by atoms with Crippen molar-refractivity contribution >= 4 is 0 Å². The van der Waals surface area contributed by atoms with Crippen molar-refractivity contribution < 1.29 is 0 Å². The zero-order chi connectivity index (χ0) is 7.40. The van der Waals surface area contributed by atoms with Crippen molar-refractivity contribution in [1.82, 2.24) is 0 Å². The van der Waals surface area contributed by atoms with Gasteiger partial charge in [-0.1, -0.05) is 24.3 Å². The molecule has 0 amide bonds. The highest BCUT2D eigenvalue weighted by atomic mass is 14.1. The normalized spacial score (nSPS) is 25.9. The molecule has 0 bridgehead atoms. The van der Waals surface area contributed by atoms with Gasteiger partial charge in [0, 0.05) is 0 Å². The summed E-state index contributed by atoms with van der Waals surface area (Å²) in [6.45, 7) is 6.13. The number of hydrogen-bond donors (Lipinski definition) is 0. The Morgan fingerprint density at radius 3 is 3.00 bits per heavy atom. The van der Waals surface area contributed by atoms with Crippen LogP contribution in [0.2, 0.25) is 0 Å². The molecule has 0 saturated carbocycles. The van der Waals surface area contributed by atoms with E-state index in [1.54, 1.807) is 0 Å². The van der Waals surface area contributed by atoms with Gasteiger partial charge in [0.15, 0.2) is 0 Å². The van der Waals surface area contributed by atoms with Crippen LogP contribution in [0.15, 0.2) is 24.3 Å². The van der Waals surface area contributed by atoms with Gasteiger partial charge in [0.25, 0.3) is 0 Å². The van der Waals surface area contributed by atoms with Crippen molar-refractivity contribution in [2.45, 2.75) is 32.6 Å². The molecule has 0 aromatic heterocycles. The van der Waals surface area contributed by atoms with Crippen LogP contribution in [0.5, 0.6) is 0 Å². The first-order valence-electron chi connectivity index (χ1n) is 4.11. The van der Waals surface area contributed by atoms with E-state index in [-0.39, 0.29) is 0 Å². The minimum absolute atomic E-state index is 0.763. The van der Waals surface area contributed by atoms with Crippen molar-refractivity contribution in [2.24, 2.45) is 5.92 Å². The third-order valence-corrected chi connectivity index (χ3v) is 2.21. The fourth-order valence-corrected chi connectivity index (χ4v) is 1.43. The Bertz CT molecular complexity index is 142. The Labute approximate surface area is 63.6 Å². The van der Waals surface area contributed by atoms with E-state index < -0.39 is 0 Å². The van der Waals surface area contributed by atoms with Crippen molar-refractivity contribution in [1.29, 1.82) is 0 Å². The monoisotopic (exact) mass is 136 g/mol. The Kier molecular flexibility index (Phi) is 2.73. The van der Waals surface area contributed by atoms with Gasteiger partial charge in [0.05, 0.1) is 0 Å². The molecule has 56 valence electrons. The zero-order valence-electron chi connectivity index (χ0n) is 6.77. The predicted octanol–water partition coefficient (Wildman–Crippen LogP) is 3.31. The third kappa shape index (κ3) is 2.02. The highest BCUT2D eigenvalue weighted by Gasteiger charge is 2.08. The molecule has 0 nitrogen and oxygen atoms in total. The molecule has 0 spiro atoms. The fourth-order valence-electron chi connectivity index (χ4n) is 1.43. The van der Waals surface area contributed by atoms with Crippen molar-refractivity contribution in [3.8, 4) is 0 Å². The van der Waals surface area contributed by atoms with Gasteiger partial charge in [-0.25, -0.2) is 0 Å². The highest BCUT2D eigenvalue weighted by Crippen LogP contribution is 2.23. The van der Waals surface area contributed by atoms with E-state index in [2.05, 4.69) is 25.7 Å². The fraction of sp³-hybridized carbons (Fsp3) is 0.600. The Hall–Kier alpha value is -0.520. The minimum atomic E-state index is 0.763. The second kappa shape index (κ2) is 3.60. The summed E-state index contributed by atoms with van der Waals surface area (Å²) < 4.78 is 0. The van der Waals surface area contributed by atoms with Crippen LogP contribution in [0.3, 0.4) is 0 Å². The van der Waals surface area contributed by atoms with E-state index in [0.717, 1.165) is 5.92 Å². The standard InChI is InChI=1S/C10H16/c1-9(2)10-7-5-3-4-6-8-10/h3,5,10H,1,4,6-8H2,2H3. The number of hydrogen-bond acceptors (Lipinski definition) is 0. The maximum atomic E-state index is 3.99. The molecule has 1 aliphatic rings. The summed E-state index contributed by atoms with van der Waals surface area (Å²) in [5, 5.41) is 0. The van der Waals surface area contributed by atoms with Gasteiger partial charge in [-0.05, 0) is 38.5 Å². The van der Waals surface area contributed by atoms with Gasteiger partial charge in [-0.3, -0.25) is 0 Å². The topological polar surface area (TPSA) is 0 Å². The molecular formula is C10H16. The van der Waals surface area contributed by atoms with E-state index in [9.17, 15) is 0 Å². The van der Waals surface area contributed by atoms with Gasteiger partial charge < -0.3 is 0 Å². The summed E-state index contributed by atoms with van der Waals surface area (Å²) in [7, 11) is 0. The lowest BCUT2D eigenvalue weighted by molar-refractivity contribution is 0.559. The molecule has 1 rings (SSSR count). The third-order valence-electron chi connectivity index (χ3n) is 2.21. The van der Waals surface area contributed by atoms with Crippen LogP contribution in [-0.4, -0.2) is 0 Å². The average Bonchev–Trinajstić information content (AvgIpc) is 2.12. The first-order chi connectivity index (χ1) is 4.80. The number of rotatable bonds is 1. The molecule has 0 aromatic rings. The van der Waals surface area contributed by atoms with Crippen molar-refractivity contribution in [2.75, 3.05) is 0 Å². The molecule has 10 heavy (non-hydrogen) atoms. The smallest absolute Gasteiger partial charge is 0.0174 e. The molecule has 0 radical (unpaired) electrons. The van der Waals surface area contributed by atoms with E-state index in [0.29, 0.717) is 0 Å². The van der Waals surface area contributed by atoms with E-state index >= 15 is 0 Å². The van der Waals surface area contributed by atoms with Crippen LogP contribution >= 0.6 is 0 Å². The van der Waals surface area contributed by atoms with E-state index in [1.807, 2.05) is 0 Å². The van der Waals surface area contributed by atoms with Gasteiger partial charge >= 0.3 is 0 Å². The first-order valence-corrected chi connectivity index (χ1v) is 4.11. The van der Waals surface area contributed by atoms with Crippen molar-refractivity contribution in [3.63, 3.8) is 0 Å². The molecule has 0 heteroatoms. The van der Waals surface area contributed by atoms with Gasteiger partial charge in [-0.2, -0.15) is 0 Å². The lowest BCUT2D eigenvalue weighted by Crippen LogP contribution is -1.97. The summed E-state index contributed by atoms with van der Waals surface area (Å²) in [6, 6.07) is 0. The second-order valence-corrected chi connectivity index (χ2v) is 3.18. The molecule has 0 aliphatic heterocycles. The first kappa shape index (κ1) is 7.59. The van der Waals surface area contributed by atoms with Crippen LogP contribution in [0.25, 0.3) is 0 Å². The summed E-state index contributed by atoms with van der Waals surface area (Å²) in [6.07, 6.45) is 9.75. The summed E-state index contributed by atoms with van der Waals surface area (Å²) in [5.41, 5.74) is 1.35. The average molecular weight is 136 g/mol. The quantitative estimate of drug-likeness (QED) is 0.485. The van der Waals surface area contributed by atoms with Crippen LogP contribution in [0.4, 0.5) is 0 Å². The summed E-state index contributed by atoms with van der Waals surface area (Å²) in [4.78, 5) is 0. The molecule has 1 atom stereocenters. The summed E-state index contributed by atoms with van der Waals surface area (Å²) >= 11 is 0. The predicted molar refractivity (Wildman–Crippen MR) is 45.9 cm³/mol. The molecule has 1 aliphatic carbocycles. The maximum absolute atomic E-state index is 3.99. The zero-order valence-corrected chi connectivity index (χ0v) is 6.77. The van der Waals surface area contributed by atoms with Gasteiger partial charge in [0.1, 0.15) is 0 Å². The molecular weight excluding hydrogens is 120 g/mol. The van der Waals surface area contributed by atoms with Crippen LogP contribution in [0, 0.1) is 5.92 Å². The Morgan fingerprint density at radius 2 is 2.30 bits per heavy atom. The van der Waals surface area contributed by atoms with Crippen LogP contribution in [-0.2, 0) is 0 Å². The van der Waals surface area contributed by atoms with Crippen LogP contribution < -0.4 is 0 Å². The molecule has 0 heterocycles. The lowest BCUT2D eigenvalue weighted by Gasteiger charge is -2.11. The lowest BCUT2D eigenvalue weighted by atomic mass is 9.94. The van der Waals surface area contributed by atoms with Gasteiger partial charge in [-0.15, -0.1) is 0 Å². The molecule has 0 saturated heterocycles. The van der Waals surface area contributed by atoms with Crippen molar-refractivity contribution in [3.05, 3.63) is 24.3 Å². The number of allylic oxidation sites excluding steroid dienone is 3. The molecule has 0 aromatic carbocycles. The van der Waals surface area contributed by atoms with E-state index in [1.165, 1.54) is 31.3 Å². The highest BCUT2D eigenvalue weighted by molar-refractivity contribution is 5.01. The maximum Gasteiger partial charge on any atom is -0.0174 e. The SMILES string of the molecule is C=C(C)C1CC=CCCC1. The van der Waals surface area contributed by atoms with Gasteiger partial charge in [0.2, 0.25) is 0 Å². The Balaban J connectivity index is 2.45. The van der Waals surface area contributed by atoms with Crippen LogP contribution in [0.1, 0.15) is 32.6 Å². The molecule has 0 N–H and O–H groups in total. The molecule has 0 fully saturated rings. The summed E-state index contributed by atoms with van der Waals surface area (Å²) in [5.74, 6) is 0.763. The van der Waals surface area contributed by atoms with E-state index in [4.69, 9.17) is 0 Å². The Morgan fingerprint density at radius 1 is 1.50 bits per heavy atom.